The van der Waals surface area contributed by atoms with Gasteiger partial charge in [0.05, 0.1) is 18.4 Å². The van der Waals surface area contributed by atoms with E-state index in [0.29, 0.717) is 12.1 Å². The molecule has 4 heteroatoms. The number of anilines is 1. The lowest BCUT2D eigenvalue weighted by atomic mass is 10.1. The number of benzene rings is 1. The number of amides is 1. The summed E-state index contributed by atoms with van der Waals surface area (Å²) in [5.41, 5.74) is 2.57. The molecule has 0 atom stereocenters. The zero-order valence-electron chi connectivity index (χ0n) is 11.2. The molecule has 0 spiro atoms. The van der Waals surface area contributed by atoms with Crippen molar-refractivity contribution in [1.82, 2.24) is 5.32 Å². The molecular formula is C15H18N2O2. The fraction of sp³-hybridized carbons (Fsp3) is 0.267. The number of carbonyl (C=O) groups excluding carboxylic acids is 1. The van der Waals surface area contributed by atoms with E-state index >= 15 is 0 Å². The van der Waals surface area contributed by atoms with Crippen LogP contribution in [0.2, 0.25) is 0 Å². The van der Waals surface area contributed by atoms with Gasteiger partial charge < -0.3 is 15.1 Å². The summed E-state index contributed by atoms with van der Waals surface area (Å²) in [6, 6.07) is 9.44. The minimum absolute atomic E-state index is 0.101. The van der Waals surface area contributed by atoms with Crippen LogP contribution >= 0.6 is 0 Å². The van der Waals surface area contributed by atoms with Crippen molar-refractivity contribution in [2.24, 2.45) is 0 Å². The lowest BCUT2D eigenvalue weighted by Gasteiger charge is -2.11. The highest BCUT2D eigenvalue weighted by atomic mass is 16.3. The summed E-state index contributed by atoms with van der Waals surface area (Å²) in [6.45, 7) is 5.15. The molecule has 2 aromatic rings. The molecule has 0 radical (unpaired) electrons. The molecular weight excluding hydrogens is 240 g/mol. The van der Waals surface area contributed by atoms with Crippen molar-refractivity contribution in [3.05, 3.63) is 53.5 Å². The number of carbonyl (C=O) groups is 1. The first-order valence-corrected chi connectivity index (χ1v) is 6.36. The smallest absolute Gasteiger partial charge is 0.253 e. The van der Waals surface area contributed by atoms with Gasteiger partial charge in [-0.15, -0.1) is 0 Å². The molecule has 2 N–H and O–H groups in total. The third-order valence-electron chi connectivity index (χ3n) is 2.79. The molecule has 0 aliphatic rings. The summed E-state index contributed by atoms with van der Waals surface area (Å²) < 4.78 is 5.19. The van der Waals surface area contributed by atoms with E-state index in [2.05, 4.69) is 10.6 Å². The first-order valence-electron chi connectivity index (χ1n) is 6.36. The molecule has 0 aliphatic heterocycles. The van der Waals surface area contributed by atoms with Crippen molar-refractivity contribution in [1.29, 1.82) is 0 Å². The van der Waals surface area contributed by atoms with Crippen LogP contribution in [-0.2, 0) is 6.54 Å². The van der Waals surface area contributed by atoms with Crippen molar-refractivity contribution < 1.29 is 9.21 Å². The number of rotatable bonds is 5. The predicted molar refractivity (Wildman–Crippen MR) is 75.2 cm³/mol. The maximum Gasteiger partial charge on any atom is 0.253 e. The Morgan fingerprint density at radius 1 is 1.32 bits per heavy atom. The third kappa shape index (κ3) is 3.37. The zero-order chi connectivity index (χ0) is 13.7. The molecule has 1 amide bonds. The molecule has 4 nitrogen and oxygen atoms in total. The average Bonchev–Trinajstić information content (AvgIpc) is 2.91. The summed E-state index contributed by atoms with van der Waals surface area (Å²) in [5, 5.41) is 6.05. The molecule has 1 aromatic heterocycles. The van der Waals surface area contributed by atoms with Crippen LogP contribution in [0.15, 0.2) is 41.0 Å². The molecule has 19 heavy (non-hydrogen) atoms. The highest BCUT2D eigenvalue weighted by Gasteiger charge is 2.11. The molecule has 0 fully saturated rings. The monoisotopic (exact) mass is 258 g/mol. The molecule has 1 aromatic carbocycles. The van der Waals surface area contributed by atoms with Crippen LogP contribution in [0, 0.1) is 6.92 Å². The highest BCUT2D eigenvalue weighted by Crippen LogP contribution is 2.17. The van der Waals surface area contributed by atoms with Crippen molar-refractivity contribution in [3.8, 4) is 0 Å². The topological polar surface area (TPSA) is 54.3 Å². The number of nitrogens with one attached hydrogen (secondary N) is 2. The van der Waals surface area contributed by atoms with Crippen LogP contribution in [0.25, 0.3) is 0 Å². The second kappa shape index (κ2) is 6.09. The molecule has 2 rings (SSSR count). The second-order valence-electron chi connectivity index (χ2n) is 4.34. The van der Waals surface area contributed by atoms with Gasteiger partial charge >= 0.3 is 0 Å². The Morgan fingerprint density at radius 3 is 2.84 bits per heavy atom. The normalized spacial score (nSPS) is 10.2. The number of furan rings is 1. The van der Waals surface area contributed by atoms with Crippen LogP contribution < -0.4 is 10.6 Å². The van der Waals surface area contributed by atoms with E-state index in [4.69, 9.17) is 4.42 Å². The average molecular weight is 258 g/mol. The van der Waals surface area contributed by atoms with Crippen molar-refractivity contribution in [2.75, 3.05) is 11.9 Å². The van der Waals surface area contributed by atoms with E-state index in [0.717, 1.165) is 23.6 Å². The number of hydrogen-bond donors (Lipinski definition) is 2. The van der Waals surface area contributed by atoms with Crippen molar-refractivity contribution in [2.45, 2.75) is 20.4 Å². The predicted octanol–water partition coefficient (Wildman–Crippen LogP) is 2.95. The Kier molecular flexibility index (Phi) is 4.23. The Labute approximate surface area is 112 Å². The van der Waals surface area contributed by atoms with Crippen molar-refractivity contribution in [3.63, 3.8) is 0 Å². The van der Waals surface area contributed by atoms with Gasteiger partial charge in [-0.3, -0.25) is 4.79 Å². The van der Waals surface area contributed by atoms with Gasteiger partial charge in [0, 0.05) is 12.2 Å². The minimum Gasteiger partial charge on any atom is -0.467 e. The zero-order valence-corrected chi connectivity index (χ0v) is 11.2. The maximum absolute atomic E-state index is 12.2. The molecule has 0 unspecified atom stereocenters. The Balaban J connectivity index is 2.11. The van der Waals surface area contributed by atoms with Crippen LogP contribution in [0.4, 0.5) is 5.69 Å². The molecule has 0 bridgehead atoms. The fourth-order valence-electron chi connectivity index (χ4n) is 1.87. The van der Waals surface area contributed by atoms with Crippen LogP contribution in [0.5, 0.6) is 0 Å². The standard InChI is InChI=1S/C15H18N2O2/c1-3-16-14-7-6-11(2)9-13(14)15(18)17-10-12-5-4-8-19-12/h4-9,16H,3,10H2,1-2H3,(H,17,18). The Bertz CT molecular complexity index is 547. The van der Waals surface area contributed by atoms with E-state index in [1.807, 2.05) is 38.1 Å². The second-order valence-corrected chi connectivity index (χ2v) is 4.34. The lowest BCUT2D eigenvalue weighted by molar-refractivity contribution is 0.0949. The van der Waals surface area contributed by atoms with Gasteiger partial charge in [0.2, 0.25) is 0 Å². The van der Waals surface area contributed by atoms with E-state index < -0.39 is 0 Å². The van der Waals surface area contributed by atoms with E-state index in [-0.39, 0.29) is 5.91 Å². The van der Waals surface area contributed by atoms with Crippen LogP contribution in [0.3, 0.4) is 0 Å². The van der Waals surface area contributed by atoms with Gasteiger partial charge in [-0.05, 0) is 38.1 Å². The van der Waals surface area contributed by atoms with Gasteiger partial charge in [0.15, 0.2) is 0 Å². The van der Waals surface area contributed by atoms with Gasteiger partial charge in [0.25, 0.3) is 5.91 Å². The first kappa shape index (κ1) is 13.2. The summed E-state index contributed by atoms with van der Waals surface area (Å²) in [7, 11) is 0. The molecule has 0 aliphatic carbocycles. The Morgan fingerprint density at radius 2 is 2.16 bits per heavy atom. The fourth-order valence-corrected chi connectivity index (χ4v) is 1.87. The van der Waals surface area contributed by atoms with Crippen molar-refractivity contribution >= 4 is 11.6 Å². The number of aryl methyl sites for hydroxylation is 1. The van der Waals surface area contributed by atoms with Gasteiger partial charge in [-0.25, -0.2) is 0 Å². The molecule has 100 valence electrons. The summed E-state index contributed by atoms with van der Waals surface area (Å²) in [6.07, 6.45) is 1.60. The first-order chi connectivity index (χ1) is 9.20. The quantitative estimate of drug-likeness (QED) is 0.867. The Hall–Kier alpha value is -2.23. The SMILES string of the molecule is CCNc1ccc(C)cc1C(=O)NCc1ccco1. The maximum atomic E-state index is 12.2. The van der Waals surface area contributed by atoms with Gasteiger partial charge in [-0.1, -0.05) is 11.6 Å². The van der Waals surface area contributed by atoms with E-state index in [1.165, 1.54) is 0 Å². The highest BCUT2D eigenvalue weighted by molar-refractivity contribution is 5.99. The van der Waals surface area contributed by atoms with Crippen LogP contribution in [-0.4, -0.2) is 12.5 Å². The largest absolute Gasteiger partial charge is 0.467 e. The molecule has 0 saturated heterocycles. The van der Waals surface area contributed by atoms with Crippen LogP contribution in [0.1, 0.15) is 28.6 Å². The third-order valence-corrected chi connectivity index (χ3v) is 2.79. The minimum atomic E-state index is -0.101. The number of hydrogen-bond acceptors (Lipinski definition) is 3. The van der Waals surface area contributed by atoms with Gasteiger partial charge in [0.1, 0.15) is 5.76 Å². The lowest BCUT2D eigenvalue weighted by Crippen LogP contribution is -2.23. The summed E-state index contributed by atoms with van der Waals surface area (Å²) >= 11 is 0. The van der Waals surface area contributed by atoms with E-state index in [9.17, 15) is 4.79 Å². The van der Waals surface area contributed by atoms with Gasteiger partial charge in [-0.2, -0.15) is 0 Å². The summed E-state index contributed by atoms with van der Waals surface area (Å²) in [5.74, 6) is 0.641. The van der Waals surface area contributed by atoms with E-state index in [1.54, 1.807) is 12.3 Å². The molecule has 1 heterocycles. The molecule has 0 saturated carbocycles. The summed E-state index contributed by atoms with van der Waals surface area (Å²) in [4.78, 5) is 12.2.